The van der Waals surface area contributed by atoms with Crippen LogP contribution >= 0.6 is 0 Å². The molecule has 1 fully saturated rings. The Morgan fingerprint density at radius 3 is 2.00 bits per heavy atom. The molecule has 0 aromatic heterocycles. The van der Waals surface area contributed by atoms with Crippen LogP contribution in [0.25, 0.3) is 11.1 Å². The van der Waals surface area contributed by atoms with Crippen molar-refractivity contribution in [3.63, 3.8) is 0 Å². The van der Waals surface area contributed by atoms with Gasteiger partial charge in [-0.2, -0.15) is 0 Å². The van der Waals surface area contributed by atoms with Gasteiger partial charge in [-0.15, -0.1) is 0 Å². The molecule has 150 valence electrons. The minimum Gasteiger partial charge on any atom is -0.343 e. The molecule has 2 aromatic carbocycles. The van der Waals surface area contributed by atoms with Gasteiger partial charge in [-0.1, -0.05) is 56.3 Å². The number of carbonyl (C=O) groups excluding carboxylic acids is 2. The van der Waals surface area contributed by atoms with Gasteiger partial charge < -0.3 is 10.2 Å². The minimum absolute atomic E-state index is 0.0202. The molecule has 0 bridgehead atoms. The van der Waals surface area contributed by atoms with Crippen molar-refractivity contribution in [2.45, 2.75) is 13.8 Å². The Labute approximate surface area is 166 Å². The summed E-state index contributed by atoms with van der Waals surface area (Å²) in [7, 11) is -3.03. The van der Waals surface area contributed by atoms with Crippen LogP contribution in [-0.2, 0) is 14.6 Å². The summed E-state index contributed by atoms with van der Waals surface area (Å²) >= 11 is 0. The van der Waals surface area contributed by atoms with Crippen LogP contribution in [0.15, 0.2) is 54.6 Å². The van der Waals surface area contributed by atoms with Gasteiger partial charge in [-0.3, -0.25) is 9.59 Å². The summed E-state index contributed by atoms with van der Waals surface area (Å²) in [5.41, 5.74) is 2.54. The lowest BCUT2D eigenvalue weighted by molar-refractivity contribution is -0.129. The quantitative estimate of drug-likeness (QED) is 0.851. The number of benzene rings is 2. The summed E-state index contributed by atoms with van der Waals surface area (Å²) in [6.07, 6.45) is 0. The maximum absolute atomic E-state index is 12.2. The van der Waals surface area contributed by atoms with E-state index >= 15 is 0 Å². The van der Waals surface area contributed by atoms with Crippen molar-refractivity contribution in [1.29, 1.82) is 0 Å². The summed E-state index contributed by atoms with van der Waals surface area (Å²) in [6, 6.07) is 17.0. The number of hydrogen-bond donors (Lipinski definition) is 1. The zero-order valence-corrected chi connectivity index (χ0v) is 17.0. The van der Waals surface area contributed by atoms with Crippen molar-refractivity contribution in [3.8, 4) is 11.1 Å². The van der Waals surface area contributed by atoms with Crippen molar-refractivity contribution >= 4 is 21.7 Å². The molecule has 28 heavy (non-hydrogen) atoms. The summed E-state index contributed by atoms with van der Waals surface area (Å²) in [5, 5.41) is 2.60. The molecule has 2 aromatic rings. The van der Waals surface area contributed by atoms with Gasteiger partial charge in [0, 0.05) is 18.7 Å². The van der Waals surface area contributed by atoms with E-state index < -0.39 is 9.84 Å². The van der Waals surface area contributed by atoms with E-state index in [0.29, 0.717) is 5.56 Å². The minimum atomic E-state index is -3.03. The average Bonchev–Trinajstić information content (AvgIpc) is 2.74. The SMILES string of the molecule is CC.O=C(NCC(=O)N1CCS(=O)(=O)CC1)c1ccc(-c2ccccc2)cc1. The molecule has 0 aliphatic carbocycles. The second-order valence-corrected chi connectivity index (χ2v) is 8.46. The van der Waals surface area contributed by atoms with Crippen LogP contribution in [0.5, 0.6) is 0 Å². The lowest BCUT2D eigenvalue weighted by atomic mass is 10.0. The van der Waals surface area contributed by atoms with Crippen LogP contribution in [-0.4, -0.2) is 56.3 Å². The first-order chi connectivity index (χ1) is 13.4. The molecule has 1 aliphatic heterocycles. The third-order valence-corrected chi connectivity index (χ3v) is 5.96. The average molecular weight is 403 g/mol. The predicted octanol–water partition coefficient (Wildman–Crippen LogP) is 2.37. The first kappa shape index (κ1) is 21.6. The van der Waals surface area contributed by atoms with Gasteiger partial charge in [0.2, 0.25) is 5.91 Å². The lowest BCUT2D eigenvalue weighted by Gasteiger charge is -2.26. The second kappa shape index (κ2) is 10.0. The largest absolute Gasteiger partial charge is 0.343 e. The molecule has 3 rings (SSSR count). The third kappa shape index (κ3) is 5.92. The van der Waals surface area contributed by atoms with E-state index in [1.54, 1.807) is 12.1 Å². The van der Waals surface area contributed by atoms with Crippen LogP contribution in [0.4, 0.5) is 0 Å². The van der Waals surface area contributed by atoms with Crippen LogP contribution < -0.4 is 5.32 Å². The van der Waals surface area contributed by atoms with E-state index in [2.05, 4.69) is 5.32 Å². The number of sulfone groups is 1. The van der Waals surface area contributed by atoms with Gasteiger partial charge in [-0.05, 0) is 23.3 Å². The normalized spacial score (nSPS) is 15.1. The monoisotopic (exact) mass is 402 g/mol. The molecule has 0 spiro atoms. The van der Waals surface area contributed by atoms with E-state index in [1.165, 1.54) is 4.90 Å². The highest BCUT2D eigenvalue weighted by Crippen LogP contribution is 2.19. The molecule has 1 heterocycles. The van der Waals surface area contributed by atoms with E-state index in [0.717, 1.165) is 11.1 Å². The number of hydrogen-bond acceptors (Lipinski definition) is 4. The molecule has 7 heteroatoms. The van der Waals surface area contributed by atoms with E-state index in [4.69, 9.17) is 0 Å². The predicted molar refractivity (Wildman–Crippen MR) is 111 cm³/mol. The molecule has 0 unspecified atom stereocenters. The first-order valence-corrected chi connectivity index (χ1v) is 11.2. The molecule has 2 amide bonds. The topological polar surface area (TPSA) is 83.6 Å². The zero-order chi connectivity index (χ0) is 20.6. The van der Waals surface area contributed by atoms with Crippen molar-refractivity contribution < 1.29 is 18.0 Å². The number of nitrogens with one attached hydrogen (secondary N) is 1. The molecule has 6 nitrogen and oxygen atoms in total. The van der Waals surface area contributed by atoms with Gasteiger partial charge in [0.1, 0.15) is 0 Å². The van der Waals surface area contributed by atoms with E-state index in [9.17, 15) is 18.0 Å². The van der Waals surface area contributed by atoms with Crippen LogP contribution in [0.2, 0.25) is 0 Å². The van der Waals surface area contributed by atoms with Crippen molar-refractivity contribution in [2.24, 2.45) is 0 Å². The number of amides is 2. The van der Waals surface area contributed by atoms with Crippen molar-refractivity contribution in [2.75, 3.05) is 31.1 Å². The maximum atomic E-state index is 12.2. The van der Waals surface area contributed by atoms with E-state index in [-0.39, 0.29) is 43.0 Å². The molecule has 1 N–H and O–H groups in total. The Morgan fingerprint density at radius 2 is 1.43 bits per heavy atom. The Balaban J connectivity index is 0.00000136. The second-order valence-electron chi connectivity index (χ2n) is 6.16. The van der Waals surface area contributed by atoms with Crippen LogP contribution in [0, 0.1) is 0 Å². The highest BCUT2D eigenvalue weighted by Gasteiger charge is 2.25. The maximum Gasteiger partial charge on any atom is 0.251 e. The molecule has 0 atom stereocenters. The fraction of sp³-hybridized carbons (Fsp3) is 0.333. The highest BCUT2D eigenvalue weighted by atomic mass is 32.2. The molecule has 1 saturated heterocycles. The molecule has 1 aliphatic rings. The Morgan fingerprint density at radius 1 is 0.893 bits per heavy atom. The summed E-state index contributed by atoms with van der Waals surface area (Å²) in [5.74, 6) is -0.641. The van der Waals surface area contributed by atoms with Crippen LogP contribution in [0.3, 0.4) is 0 Å². The van der Waals surface area contributed by atoms with Gasteiger partial charge in [0.05, 0.1) is 18.1 Å². The number of nitrogens with zero attached hydrogens (tertiary/aromatic N) is 1. The Kier molecular flexibility index (Phi) is 7.75. The number of rotatable bonds is 4. The fourth-order valence-electron chi connectivity index (χ4n) is 2.78. The van der Waals surface area contributed by atoms with Gasteiger partial charge in [0.15, 0.2) is 9.84 Å². The summed E-state index contributed by atoms with van der Waals surface area (Å²) < 4.78 is 22.8. The van der Waals surface area contributed by atoms with Gasteiger partial charge in [-0.25, -0.2) is 8.42 Å². The Bertz CT molecular complexity index is 880. The Hall–Kier alpha value is -2.67. The lowest BCUT2D eigenvalue weighted by Crippen LogP contribution is -2.47. The zero-order valence-electron chi connectivity index (χ0n) is 16.2. The smallest absolute Gasteiger partial charge is 0.251 e. The fourth-order valence-corrected chi connectivity index (χ4v) is 3.98. The third-order valence-electron chi connectivity index (χ3n) is 4.35. The van der Waals surface area contributed by atoms with Crippen molar-refractivity contribution in [3.05, 3.63) is 60.2 Å². The molecule has 0 radical (unpaired) electrons. The highest BCUT2D eigenvalue weighted by molar-refractivity contribution is 7.91. The van der Waals surface area contributed by atoms with Crippen LogP contribution in [0.1, 0.15) is 24.2 Å². The van der Waals surface area contributed by atoms with Gasteiger partial charge >= 0.3 is 0 Å². The summed E-state index contributed by atoms with van der Waals surface area (Å²) in [4.78, 5) is 25.8. The van der Waals surface area contributed by atoms with Crippen molar-refractivity contribution in [1.82, 2.24) is 10.2 Å². The summed E-state index contributed by atoms with van der Waals surface area (Å²) in [6.45, 7) is 4.23. The van der Waals surface area contributed by atoms with Gasteiger partial charge in [0.25, 0.3) is 5.91 Å². The van der Waals surface area contributed by atoms with E-state index in [1.807, 2.05) is 56.3 Å². The molecule has 0 saturated carbocycles. The standard InChI is InChI=1S/C19H20N2O4S.C2H6/c22-18(21-10-12-26(24,25)13-11-21)14-20-19(23)17-8-6-16(7-9-17)15-4-2-1-3-5-15;1-2/h1-9H,10-14H2,(H,20,23);1-2H3. The first-order valence-electron chi connectivity index (χ1n) is 9.36. The molecular weight excluding hydrogens is 376 g/mol. The number of carbonyl (C=O) groups is 2. The molecular formula is C21H26N2O4S.